The van der Waals surface area contributed by atoms with Crippen LogP contribution >= 0.6 is 0 Å². The van der Waals surface area contributed by atoms with Crippen LogP contribution in [-0.2, 0) is 9.53 Å². The summed E-state index contributed by atoms with van der Waals surface area (Å²) in [6.45, 7) is 12.9. The third-order valence-corrected chi connectivity index (χ3v) is 4.05. The van der Waals surface area contributed by atoms with E-state index in [1.165, 1.54) is 19.3 Å². The molecule has 0 saturated heterocycles. The molecule has 0 atom stereocenters. The zero-order valence-electron chi connectivity index (χ0n) is 12.1. The first kappa shape index (κ1) is 15.2. The van der Waals surface area contributed by atoms with E-state index in [9.17, 15) is 4.79 Å². The van der Waals surface area contributed by atoms with E-state index in [1.807, 2.05) is 0 Å². The average Bonchev–Trinajstić information content (AvgIpc) is 2.20. The summed E-state index contributed by atoms with van der Waals surface area (Å²) in [4.78, 5) is 10.7. The highest BCUT2D eigenvalue weighted by Crippen LogP contribution is 2.47. The molecule has 3 nitrogen and oxygen atoms in total. The molecule has 0 amide bonds. The van der Waals surface area contributed by atoms with Gasteiger partial charge in [-0.05, 0) is 23.7 Å². The summed E-state index contributed by atoms with van der Waals surface area (Å²) in [5.74, 6) is -0.930. The van der Waals surface area contributed by atoms with Gasteiger partial charge in [-0.2, -0.15) is 0 Å². The summed E-state index contributed by atoms with van der Waals surface area (Å²) in [6.07, 6.45) is 4.15. The van der Waals surface area contributed by atoms with Crippen molar-refractivity contribution in [3.05, 3.63) is 12.2 Å². The second-order valence-electron chi connectivity index (χ2n) is 6.74. The smallest absolute Gasteiger partial charge is 0.331 e. The fraction of sp³-hybridized carbons (Fsp3) is 0.800. The van der Waals surface area contributed by atoms with Gasteiger partial charge in [-0.15, -0.1) is 0 Å². The van der Waals surface area contributed by atoms with Crippen molar-refractivity contribution in [3.8, 4) is 0 Å². The molecular formula is C15H26O3. The summed E-state index contributed by atoms with van der Waals surface area (Å²) in [5.41, 5.74) is 0.542. The second kappa shape index (κ2) is 5.43. The average molecular weight is 254 g/mol. The first-order valence-electron chi connectivity index (χ1n) is 6.69. The van der Waals surface area contributed by atoms with Gasteiger partial charge in [0.25, 0.3) is 0 Å². The molecule has 0 unspecified atom stereocenters. The Morgan fingerprint density at radius 3 is 2.22 bits per heavy atom. The van der Waals surface area contributed by atoms with Crippen LogP contribution in [0, 0.1) is 10.8 Å². The van der Waals surface area contributed by atoms with Crippen LogP contribution in [0.1, 0.15) is 53.4 Å². The lowest BCUT2D eigenvalue weighted by molar-refractivity contribution is -0.134. The van der Waals surface area contributed by atoms with Gasteiger partial charge in [0.05, 0.1) is 12.7 Å². The van der Waals surface area contributed by atoms with Crippen molar-refractivity contribution in [2.24, 2.45) is 10.8 Å². The minimum absolute atomic E-state index is 0.159. The predicted molar refractivity (Wildman–Crippen MR) is 72.5 cm³/mol. The highest BCUT2D eigenvalue weighted by atomic mass is 16.5. The largest absolute Gasteiger partial charge is 0.478 e. The van der Waals surface area contributed by atoms with Gasteiger partial charge in [-0.1, -0.05) is 40.7 Å². The molecule has 0 bridgehead atoms. The van der Waals surface area contributed by atoms with Crippen LogP contribution in [0.2, 0.25) is 0 Å². The maximum absolute atomic E-state index is 10.7. The highest BCUT2D eigenvalue weighted by Gasteiger charge is 2.44. The Labute approximate surface area is 110 Å². The van der Waals surface area contributed by atoms with E-state index in [1.54, 1.807) is 0 Å². The monoisotopic (exact) mass is 254 g/mol. The van der Waals surface area contributed by atoms with E-state index in [0.29, 0.717) is 13.0 Å². The van der Waals surface area contributed by atoms with Crippen LogP contribution in [0.3, 0.4) is 0 Å². The topological polar surface area (TPSA) is 46.5 Å². The van der Waals surface area contributed by atoms with Crippen molar-refractivity contribution in [3.63, 3.8) is 0 Å². The standard InChI is InChI=1S/C15H26O3/c1-11(12(16)17)7-10-18-13-14(2,3)8-6-9-15(13,4)5/h13H,1,6-10H2,2-5H3,(H,16,17). The third-order valence-electron chi connectivity index (χ3n) is 4.05. The Morgan fingerprint density at radius 2 is 1.78 bits per heavy atom. The molecule has 18 heavy (non-hydrogen) atoms. The first-order valence-corrected chi connectivity index (χ1v) is 6.69. The summed E-state index contributed by atoms with van der Waals surface area (Å²) in [7, 11) is 0. The zero-order chi connectivity index (χ0) is 14.0. The van der Waals surface area contributed by atoms with Crippen LogP contribution < -0.4 is 0 Å². The Kier molecular flexibility index (Phi) is 4.60. The molecule has 0 radical (unpaired) electrons. The Balaban J connectivity index is 2.57. The van der Waals surface area contributed by atoms with Gasteiger partial charge in [0.15, 0.2) is 0 Å². The second-order valence-corrected chi connectivity index (χ2v) is 6.74. The fourth-order valence-corrected chi connectivity index (χ4v) is 3.18. The normalized spacial score (nSPS) is 22.7. The van der Waals surface area contributed by atoms with E-state index in [4.69, 9.17) is 9.84 Å². The van der Waals surface area contributed by atoms with Crippen molar-refractivity contribution < 1.29 is 14.6 Å². The van der Waals surface area contributed by atoms with Gasteiger partial charge in [-0.25, -0.2) is 4.79 Å². The number of carbonyl (C=O) groups is 1. The predicted octanol–water partition coefficient (Wildman–Crippen LogP) is 3.64. The number of carboxylic acid groups (broad SMARTS) is 1. The molecule has 104 valence electrons. The van der Waals surface area contributed by atoms with E-state index < -0.39 is 5.97 Å². The molecule has 0 aromatic rings. The molecule has 1 fully saturated rings. The summed E-state index contributed by atoms with van der Waals surface area (Å²) in [6, 6.07) is 0. The molecule has 0 aromatic carbocycles. The number of aliphatic carboxylic acids is 1. The molecule has 3 heteroatoms. The van der Waals surface area contributed by atoms with Gasteiger partial charge in [0.1, 0.15) is 0 Å². The molecule has 1 aliphatic rings. The van der Waals surface area contributed by atoms with Gasteiger partial charge in [-0.3, -0.25) is 0 Å². The van der Waals surface area contributed by atoms with Crippen LogP contribution in [0.25, 0.3) is 0 Å². The Hall–Kier alpha value is -0.830. The number of carboxylic acids is 1. The third kappa shape index (κ3) is 3.58. The lowest BCUT2D eigenvalue weighted by Gasteiger charge is -2.48. The number of hydrogen-bond donors (Lipinski definition) is 1. The molecule has 0 spiro atoms. The lowest BCUT2D eigenvalue weighted by Crippen LogP contribution is -2.47. The summed E-state index contributed by atoms with van der Waals surface area (Å²) >= 11 is 0. The minimum Gasteiger partial charge on any atom is -0.478 e. The Bertz CT molecular complexity index is 313. The van der Waals surface area contributed by atoms with E-state index in [-0.39, 0.29) is 22.5 Å². The quantitative estimate of drug-likeness (QED) is 0.762. The molecule has 1 N–H and O–H groups in total. The molecule has 0 aromatic heterocycles. The number of rotatable bonds is 5. The number of hydrogen-bond acceptors (Lipinski definition) is 2. The molecular weight excluding hydrogens is 228 g/mol. The van der Waals surface area contributed by atoms with Crippen molar-refractivity contribution in [1.82, 2.24) is 0 Å². The lowest BCUT2D eigenvalue weighted by atomic mass is 9.63. The summed E-state index contributed by atoms with van der Waals surface area (Å²) < 4.78 is 6.01. The van der Waals surface area contributed by atoms with Crippen molar-refractivity contribution in [2.75, 3.05) is 6.61 Å². The minimum atomic E-state index is -0.930. The molecule has 0 heterocycles. The van der Waals surface area contributed by atoms with Gasteiger partial charge in [0.2, 0.25) is 0 Å². The highest BCUT2D eigenvalue weighted by molar-refractivity contribution is 5.85. The van der Waals surface area contributed by atoms with Gasteiger partial charge in [0, 0.05) is 12.0 Å². The molecule has 0 aliphatic heterocycles. The van der Waals surface area contributed by atoms with E-state index in [0.717, 1.165) is 0 Å². The van der Waals surface area contributed by atoms with E-state index >= 15 is 0 Å². The van der Waals surface area contributed by atoms with Crippen molar-refractivity contribution >= 4 is 5.97 Å². The number of ether oxygens (including phenoxy) is 1. The maximum Gasteiger partial charge on any atom is 0.331 e. The van der Waals surface area contributed by atoms with E-state index in [2.05, 4.69) is 34.3 Å². The van der Waals surface area contributed by atoms with Crippen LogP contribution in [0.15, 0.2) is 12.2 Å². The van der Waals surface area contributed by atoms with Gasteiger partial charge < -0.3 is 9.84 Å². The maximum atomic E-state index is 10.7. The fourth-order valence-electron chi connectivity index (χ4n) is 3.18. The zero-order valence-corrected chi connectivity index (χ0v) is 12.1. The Morgan fingerprint density at radius 1 is 1.28 bits per heavy atom. The van der Waals surface area contributed by atoms with Crippen LogP contribution in [0.5, 0.6) is 0 Å². The molecule has 1 saturated carbocycles. The SMILES string of the molecule is C=C(CCOC1C(C)(C)CCCC1(C)C)C(=O)O. The van der Waals surface area contributed by atoms with Gasteiger partial charge >= 0.3 is 5.97 Å². The van der Waals surface area contributed by atoms with Crippen LogP contribution in [0.4, 0.5) is 0 Å². The van der Waals surface area contributed by atoms with Crippen LogP contribution in [-0.4, -0.2) is 23.8 Å². The first-order chi connectivity index (χ1) is 8.17. The molecule has 1 rings (SSSR count). The summed E-state index contributed by atoms with van der Waals surface area (Å²) in [5, 5.41) is 8.77. The molecule has 1 aliphatic carbocycles. The van der Waals surface area contributed by atoms with Crippen molar-refractivity contribution in [1.29, 1.82) is 0 Å². The van der Waals surface area contributed by atoms with Crippen molar-refractivity contribution in [2.45, 2.75) is 59.5 Å².